The molecular formula is C16H16N4O2. The molecule has 3 aromatic rings. The van der Waals surface area contributed by atoms with E-state index in [4.69, 9.17) is 0 Å². The molecule has 6 nitrogen and oxygen atoms in total. The van der Waals surface area contributed by atoms with Crippen LogP contribution in [0.25, 0.3) is 11.0 Å². The molecule has 0 aliphatic heterocycles. The van der Waals surface area contributed by atoms with E-state index < -0.39 is 0 Å². The van der Waals surface area contributed by atoms with E-state index in [9.17, 15) is 10.1 Å². The summed E-state index contributed by atoms with van der Waals surface area (Å²) in [5.74, 6) is 0.749. The highest BCUT2D eigenvalue weighted by Crippen LogP contribution is 2.26. The first-order chi connectivity index (χ1) is 10.5. The molecule has 22 heavy (non-hydrogen) atoms. The van der Waals surface area contributed by atoms with Crippen LogP contribution in [-0.2, 0) is 6.54 Å². The van der Waals surface area contributed by atoms with Crippen LogP contribution in [0.15, 0.2) is 36.4 Å². The quantitative estimate of drug-likeness (QED) is 0.568. The molecule has 0 atom stereocenters. The van der Waals surface area contributed by atoms with Crippen LogP contribution in [0.5, 0.6) is 0 Å². The lowest BCUT2D eigenvalue weighted by atomic mass is 10.2. The van der Waals surface area contributed by atoms with Crippen molar-refractivity contribution in [2.24, 2.45) is 0 Å². The minimum absolute atomic E-state index is 0.0762. The topological polar surface area (TPSA) is 83.8 Å². The Labute approximate surface area is 127 Å². The van der Waals surface area contributed by atoms with E-state index in [1.807, 2.05) is 38.1 Å². The second-order valence-electron chi connectivity index (χ2n) is 5.29. The summed E-state index contributed by atoms with van der Waals surface area (Å²) in [5, 5.41) is 14.2. The minimum Gasteiger partial charge on any atom is -0.372 e. The molecule has 2 aromatic carbocycles. The predicted octanol–water partition coefficient (Wildman–Crippen LogP) is 3.70. The lowest BCUT2D eigenvalue weighted by Crippen LogP contribution is -2.04. The average molecular weight is 296 g/mol. The van der Waals surface area contributed by atoms with Crippen molar-refractivity contribution in [1.82, 2.24) is 9.97 Å². The van der Waals surface area contributed by atoms with Crippen LogP contribution in [0.2, 0.25) is 0 Å². The molecule has 0 aliphatic rings. The maximum Gasteiger partial charge on any atom is 0.292 e. The van der Waals surface area contributed by atoms with Crippen LogP contribution in [0, 0.1) is 24.0 Å². The Morgan fingerprint density at radius 1 is 1.27 bits per heavy atom. The van der Waals surface area contributed by atoms with E-state index >= 15 is 0 Å². The molecule has 0 radical (unpaired) electrons. The van der Waals surface area contributed by atoms with Gasteiger partial charge in [-0.05, 0) is 37.1 Å². The fourth-order valence-electron chi connectivity index (χ4n) is 2.43. The van der Waals surface area contributed by atoms with Crippen molar-refractivity contribution in [1.29, 1.82) is 0 Å². The van der Waals surface area contributed by atoms with Gasteiger partial charge in [0.25, 0.3) is 5.69 Å². The number of fused-ring (bicyclic) bond motifs is 1. The number of hydrogen-bond donors (Lipinski definition) is 2. The van der Waals surface area contributed by atoms with Gasteiger partial charge in [0.1, 0.15) is 11.5 Å². The Hall–Kier alpha value is -2.89. The van der Waals surface area contributed by atoms with Crippen molar-refractivity contribution < 1.29 is 4.92 Å². The lowest BCUT2D eigenvalue weighted by molar-refractivity contribution is -0.384. The van der Waals surface area contributed by atoms with Gasteiger partial charge in [-0.2, -0.15) is 0 Å². The van der Waals surface area contributed by atoms with Crippen molar-refractivity contribution in [2.75, 3.05) is 5.32 Å². The number of nitrogens with one attached hydrogen (secondary N) is 2. The normalized spacial score (nSPS) is 10.8. The second kappa shape index (κ2) is 5.48. The highest BCUT2D eigenvalue weighted by Gasteiger charge is 2.14. The minimum atomic E-state index is -0.377. The van der Waals surface area contributed by atoms with Gasteiger partial charge in [-0.15, -0.1) is 0 Å². The molecule has 6 heteroatoms. The summed E-state index contributed by atoms with van der Waals surface area (Å²) in [6.45, 7) is 4.24. The van der Waals surface area contributed by atoms with E-state index in [2.05, 4.69) is 15.3 Å². The summed E-state index contributed by atoms with van der Waals surface area (Å²) in [6.07, 6.45) is 0. The van der Waals surface area contributed by atoms with Gasteiger partial charge < -0.3 is 10.3 Å². The SMILES string of the molecule is Cc1ccc(NCc2nc3c(C)cccc3[nH]2)c([N+](=O)[O-])c1. The molecule has 1 aromatic heterocycles. The number of aromatic nitrogens is 2. The molecule has 0 saturated heterocycles. The molecule has 1 heterocycles. The van der Waals surface area contributed by atoms with Crippen molar-refractivity contribution >= 4 is 22.4 Å². The summed E-state index contributed by atoms with van der Waals surface area (Å²) >= 11 is 0. The van der Waals surface area contributed by atoms with E-state index in [-0.39, 0.29) is 10.6 Å². The monoisotopic (exact) mass is 296 g/mol. The van der Waals surface area contributed by atoms with Gasteiger partial charge in [-0.1, -0.05) is 18.2 Å². The zero-order valence-electron chi connectivity index (χ0n) is 12.4. The van der Waals surface area contributed by atoms with Crippen molar-refractivity contribution in [3.8, 4) is 0 Å². The van der Waals surface area contributed by atoms with Gasteiger partial charge in [0, 0.05) is 6.07 Å². The van der Waals surface area contributed by atoms with Crippen LogP contribution >= 0.6 is 0 Å². The molecule has 0 bridgehead atoms. The van der Waals surface area contributed by atoms with Crippen LogP contribution < -0.4 is 5.32 Å². The molecule has 0 unspecified atom stereocenters. The molecule has 2 N–H and O–H groups in total. The van der Waals surface area contributed by atoms with E-state index in [0.29, 0.717) is 12.2 Å². The Morgan fingerprint density at radius 3 is 2.82 bits per heavy atom. The number of nitrogens with zero attached hydrogens (tertiary/aromatic N) is 2. The Balaban J connectivity index is 1.85. The van der Waals surface area contributed by atoms with Crippen molar-refractivity contribution in [2.45, 2.75) is 20.4 Å². The first-order valence-electron chi connectivity index (χ1n) is 6.98. The first-order valence-corrected chi connectivity index (χ1v) is 6.98. The fourth-order valence-corrected chi connectivity index (χ4v) is 2.43. The second-order valence-corrected chi connectivity index (χ2v) is 5.29. The fraction of sp³-hybridized carbons (Fsp3) is 0.188. The Bertz CT molecular complexity index is 854. The summed E-state index contributed by atoms with van der Waals surface area (Å²) in [5.41, 5.74) is 4.42. The van der Waals surface area contributed by atoms with Crippen LogP contribution in [-0.4, -0.2) is 14.9 Å². The van der Waals surface area contributed by atoms with Gasteiger partial charge >= 0.3 is 0 Å². The molecule has 0 spiro atoms. The van der Waals surface area contributed by atoms with Crippen LogP contribution in [0.3, 0.4) is 0 Å². The highest BCUT2D eigenvalue weighted by molar-refractivity contribution is 5.78. The molecule has 3 rings (SSSR count). The van der Waals surface area contributed by atoms with Gasteiger partial charge in [0.2, 0.25) is 0 Å². The number of para-hydroxylation sites is 1. The van der Waals surface area contributed by atoms with Gasteiger partial charge in [-0.25, -0.2) is 4.98 Å². The van der Waals surface area contributed by atoms with Crippen LogP contribution in [0.1, 0.15) is 17.0 Å². The van der Waals surface area contributed by atoms with E-state index in [1.54, 1.807) is 12.1 Å². The number of nitro groups is 1. The number of rotatable bonds is 4. The predicted molar refractivity (Wildman–Crippen MR) is 86.0 cm³/mol. The maximum atomic E-state index is 11.1. The van der Waals surface area contributed by atoms with Gasteiger partial charge in [0.15, 0.2) is 0 Å². The molecular weight excluding hydrogens is 280 g/mol. The largest absolute Gasteiger partial charge is 0.372 e. The van der Waals surface area contributed by atoms with Crippen molar-refractivity contribution in [3.05, 3.63) is 63.5 Å². The summed E-state index contributed by atoms with van der Waals surface area (Å²) in [7, 11) is 0. The van der Waals surface area contributed by atoms with Crippen LogP contribution in [0.4, 0.5) is 11.4 Å². The number of benzene rings is 2. The standard InChI is InChI=1S/C16H16N4O2/c1-10-6-7-12(14(8-10)20(21)22)17-9-15-18-13-5-3-4-11(2)16(13)19-15/h3-8,17H,9H2,1-2H3,(H,18,19). The number of aromatic amines is 1. The molecule has 0 amide bonds. The molecule has 0 aliphatic carbocycles. The number of aryl methyl sites for hydroxylation is 2. The van der Waals surface area contributed by atoms with E-state index in [1.165, 1.54) is 0 Å². The smallest absolute Gasteiger partial charge is 0.292 e. The maximum absolute atomic E-state index is 11.1. The third kappa shape index (κ3) is 2.63. The van der Waals surface area contributed by atoms with Gasteiger partial charge in [-0.3, -0.25) is 10.1 Å². The van der Waals surface area contributed by atoms with E-state index in [0.717, 1.165) is 28.0 Å². The highest BCUT2D eigenvalue weighted by atomic mass is 16.6. The number of anilines is 1. The summed E-state index contributed by atoms with van der Waals surface area (Å²) in [6, 6.07) is 11.1. The molecule has 0 saturated carbocycles. The average Bonchev–Trinajstić information content (AvgIpc) is 2.90. The number of hydrogen-bond acceptors (Lipinski definition) is 4. The number of imidazole rings is 1. The zero-order chi connectivity index (χ0) is 15.7. The lowest BCUT2D eigenvalue weighted by Gasteiger charge is -2.06. The number of H-pyrrole nitrogens is 1. The summed E-state index contributed by atoms with van der Waals surface area (Å²) in [4.78, 5) is 18.5. The summed E-state index contributed by atoms with van der Waals surface area (Å²) < 4.78 is 0. The third-order valence-electron chi connectivity index (χ3n) is 3.56. The zero-order valence-corrected chi connectivity index (χ0v) is 12.4. The third-order valence-corrected chi connectivity index (χ3v) is 3.56. The first kappa shape index (κ1) is 14.1. The van der Waals surface area contributed by atoms with Crippen molar-refractivity contribution in [3.63, 3.8) is 0 Å². The Morgan fingerprint density at radius 2 is 2.09 bits per heavy atom. The van der Waals surface area contributed by atoms with Gasteiger partial charge in [0.05, 0.1) is 22.5 Å². The molecule has 112 valence electrons. The molecule has 0 fully saturated rings. The number of nitro benzene ring substituents is 1. The Kier molecular flexibility index (Phi) is 3.50.